The molecule has 2 heterocycles. The molecule has 0 fully saturated rings. The molecule has 122 valence electrons. The lowest BCUT2D eigenvalue weighted by Gasteiger charge is -2.09. The van der Waals surface area contributed by atoms with Crippen LogP contribution in [0.15, 0.2) is 60.7 Å². The van der Waals surface area contributed by atoms with Crippen LogP contribution in [0.4, 0.5) is 0 Å². The molecule has 0 radical (unpaired) electrons. The number of rotatable bonds is 2. The second kappa shape index (κ2) is 6.39. The van der Waals surface area contributed by atoms with Crippen LogP contribution in [-0.4, -0.2) is 15.0 Å². The van der Waals surface area contributed by atoms with Crippen molar-refractivity contribution in [2.45, 2.75) is 6.92 Å². The normalized spacial score (nSPS) is 11.0. The topological polar surface area (TPSA) is 41.6 Å². The van der Waals surface area contributed by atoms with Gasteiger partial charge in [0.25, 0.3) is 0 Å². The van der Waals surface area contributed by atoms with Gasteiger partial charge < -0.3 is 4.98 Å². The molecule has 0 aliphatic carbocycles. The summed E-state index contributed by atoms with van der Waals surface area (Å²) in [6.07, 6.45) is 0. The lowest BCUT2D eigenvalue weighted by atomic mass is 10.1. The van der Waals surface area contributed by atoms with Crippen molar-refractivity contribution in [2.24, 2.45) is 0 Å². The van der Waals surface area contributed by atoms with E-state index in [2.05, 4.69) is 15.0 Å². The minimum Gasteiger partial charge on any atom is -0.330 e. The van der Waals surface area contributed by atoms with E-state index >= 15 is 0 Å². The van der Waals surface area contributed by atoms with Gasteiger partial charge in [-0.05, 0) is 36.8 Å². The van der Waals surface area contributed by atoms with Gasteiger partial charge in [-0.1, -0.05) is 60.1 Å². The smallest absolute Gasteiger partial charge is 0.197 e. The third-order valence-corrected chi connectivity index (χ3v) is 4.59. The molecule has 4 rings (SSSR count). The lowest BCUT2D eigenvalue weighted by molar-refractivity contribution is 1.14. The molecule has 0 unspecified atom stereocenters. The number of halogens is 1. The number of hydrogen-bond acceptors (Lipinski definition) is 3. The Bertz CT molecular complexity index is 1140. The van der Waals surface area contributed by atoms with Crippen LogP contribution in [0, 0.1) is 11.7 Å². The van der Waals surface area contributed by atoms with Crippen molar-refractivity contribution in [1.82, 2.24) is 15.0 Å². The molecule has 0 aliphatic rings. The Hall–Kier alpha value is -2.56. The van der Waals surface area contributed by atoms with Crippen LogP contribution in [-0.2, 0) is 0 Å². The van der Waals surface area contributed by atoms with Gasteiger partial charge in [0.2, 0.25) is 0 Å². The van der Waals surface area contributed by atoms with Crippen molar-refractivity contribution in [3.8, 4) is 22.5 Å². The van der Waals surface area contributed by atoms with E-state index in [0.29, 0.717) is 9.92 Å². The highest BCUT2D eigenvalue weighted by molar-refractivity contribution is 7.71. The van der Waals surface area contributed by atoms with E-state index in [0.717, 1.165) is 39.0 Å². The molecular weight excluding hydrogens is 350 g/mol. The minimum absolute atomic E-state index is 0.414. The molecule has 4 aromatic rings. The first-order valence-corrected chi connectivity index (χ1v) is 8.63. The van der Waals surface area contributed by atoms with Gasteiger partial charge in [0.15, 0.2) is 4.77 Å². The second-order valence-electron chi connectivity index (χ2n) is 5.82. The van der Waals surface area contributed by atoms with Crippen LogP contribution in [0.5, 0.6) is 0 Å². The number of nitrogens with zero attached hydrogens (tertiary/aromatic N) is 2. The minimum atomic E-state index is 0.414. The summed E-state index contributed by atoms with van der Waals surface area (Å²) >= 11 is 11.8. The third kappa shape index (κ3) is 3.06. The quantitative estimate of drug-likeness (QED) is 0.351. The van der Waals surface area contributed by atoms with Gasteiger partial charge in [0.1, 0.15) is 5.15 Å². The summed E-state index contributed by atoms with van der Waals surface area (Å²) in [5, 5.41) is 1.48. The molecular formula is C20H14ClN3S. The molecule has 2 aromatic heterocycles. The molecule has 0 saturated carbocycles. The molecule has 0 saturated heterocycles. The van der Waals surface area contributed by atoms with Crippen LogP contribution in [0.3, 0.4) is 0 Å². The fourth-order valence-electron chi connectivity index (χ4n) is 2.87. The molecule has 0 atom stereocenters. The molecule has 0 spiro atoms. The molecule has 3 nitrogen and oxygen atoms in total. The number of H-pyrrole nitrogens is 1. The second-order valence-corrected chi connectivity index (χ2v) is 6.57. The van der Waals surface area contributed by atoms with Crippen molar-refractivity contribution >= 4 is 34.7 Å². The third-order valence-electron chi connectivity index (χ3n) is 4.11. The predicted octanol–water partition coefficient (Wildman–Crippen LogP) is 5.98. The number of nitrogens with one attached hydrogen (secondary N) is 1. The first kappa shape index (κ1) is 15.9. The summed E-state index contributed by atoms with van der Waals surface area (Å²) in [5.74, 6) is 0. The van der Waals surface area contributed by atoms with Gasteiger partial charge in [0.05, 0.1) is 16.9 Å². The highest BCUT2D eigenvalue weighted by atomic mass is 35.5. The first-order valence-electron chi connectivity index (χ1n) is 7.85. The number of aromatic nitrogens is 3. The Morgan fingerprint density at radius 2 is 1.76 bits per heavy atom. The maximum Gasteiger partial charge on any atom is 0.197 e. The van der Waals surface area contributed by atoms with E-state index in [1.807, 2.05) is 67.6 Å². The summed E-state index contributed by atoms with van der Waals surface area (Å²) in [6, 6.07) is 20.0. The van der Waals surface area contributed by atoms with E-state index in [1.54, 1.807) is 0 Å². The Morgan fingerprint density at radius 3 is 2.56 bits per heavy atom. The number of fused-ring (bicyclic) bond motifs is 1. The molecule has 25 heavy (non-hydrogen) atoms. The molecule has 2 aromatic carbocycles. The Balaban J connectivity index is 1.93. The van der Waals surface area contributed by atoms with Gasteiger partial charge >= 0.3 is 0 Å². The highest BCUT2D eigenvalue weighted by Gasteiger charge is 2.11. The van der Waals surface area contributed by atoms with Crippen molar-refractivity contribution in [1.29, 1.82) is 0 Å². The Labute approximate surface area is 155 Å². The Kier molecular flexibility index (Phi) is 4.07. The Morgan fingerprint density at radius 1 is 0.960 bits per heavy atom. The zero-order valence-electron chi connectivity index (χ0n) is 13.5. The largest absolute Gasteiger partial charge is 0.330 e. The molecule has 0 bridgehead atoms. The van der Waals surface area contributed by atoms with Gasteiger partial charge in [-0.25, -0.2) is 9.97 Å². The summed E-state index contributed by atoms with van der Waals surface area (Å²) in [5.41, 5.74) is 5.43. The van der Waals surface area contributed by atoms with Crippen LogP contribution < -0.4 is 0 Å². The number of pyridine rings is 1. The number of para-hydroxylation sites is 1. The SMILES string of the molecule is Cc1cccc2cc(-c3cc(-c4ccccc4)nc(=S)[nH]3)c(Cl)nc12. The lowest BCUT2D eigenvalue weighted by Crippen LogP contribution is -1.94. The summed E-state index contributed by atoms with van der Waals surface area (Å²) in [4.78, 5) is 12.1. The van der Waals surface area contributed by atoms with Gasteiger partial charge in [-0.15, -0.1) is 0 Å². The molecule has 1 N–H and O–H groups in total. The monoisotopic (exact) mass is 363 g/mol. The number of benzene rings is 2. The van der Waals surface area contributed by atoms with Crippen molar-refractivity contribution < 1.29 is 0 Å². The summed E-state index contributed by atoms with van der Waals surface area (Å²) in [7, 11) is 0. The number of hydrogen-bond donors (Lipinski definition) is 1. The fraction of sp³-hybridized carbons (Fsp3) is 0.0500. The molecule has 0 aliphatic heterocycles. The molecule has 5 heteroatoms. The van der Waals surface area contributed by atoms with E-state index in [-0.39, 0.29) is 0 Å². The number of aryl methyl sites for hydroxylation is 1. The maximum atomic E-state index is 6.47. The zero-order chi connectivity index (χ0) is 17.4. The van der Waals surface area contributed by atoms with E-state index in [1.165, 1.54) is 0 Å². The van der Waals surface area contributed by atoms with E-state index in [9.17, 15) is 0 Å². The summed E-state index contributed by atoms with van der Waals surface area (Å²) in [6.45, 7) is 2.03. The van der Waals surface area contributed by atoms with Gasteiger partial charge in [-0.2, -0.15) is 0 Å². The van der Waals surface area contributed by atoms with Crippen molar-refractivity contribution in [2.75, 3.05) is 0 Å². The predicted molar refractivity (Wildman–Crippen MR) is 105 cm³/mol. The maximum absolute atomic E-state index is 6.47. The van der Waals surface area contributed by atoms with Crippen LogP contribution in [0.1, 0.15) is 5.56 Å². The highest BCUT2D eigenvalue weighted by Crippen LogP contribution is 2.31. The van der Waals surface area contributed by atoms with Crippen molar-refractivity contribution in [3.05, 3.63) is 76.2 Å². The average Bonchev–Trinajstić information content (AvgIpc) is 2.62. The van der Waals surface area contributed by atoms with Crippen LogP contribution in [0.25, 0.3) is 33.4 Å². The van der Waals surface area contributed by atoms with Crippen LogP contribution in [0.2, 0.25) is 5.15 Å². The number of aromatic amines is 1. The fourth-order valence-corrected chi connectivity index (χ4v) is 3.32. The molecule has 0 amide bonds. The standard InChI is InChI=1S/C20H14ClN3S/c1-12-6-5-9-14-10-15(19(21)24-18(12)14)17-11-16(22-20(25)23-17)13-7-3-2-4-8-13/h2-11H,1H3,(H,22,23,25). The zero-order valence-corrected chi connectivity index (χ0v) is 15.0. The van der Waals surface area contributed by atoms with E-state index in [4.69, 9.17) is 23.8 Å². The summed E-state index contributed by atoms with van der Waals surface area (Å²) < 4.78 is 0.414. The van der Waals surface area contributed by atoms with Crippen molar-refractivity contribution in [3.63, 3.8) is 0 Å². The first-order chi connectivity index (χ1) is 12.1. The van der Waals surface area contributed by atoms with E-state index < -0.39 is 0 Å². The van der Waals surface area contributed by atoms with Crippen LogP contribution >= 0.6 is 23.8 Å². The van der Waals surface area contributed by atoms with Gasteiger partial charge in [-0.3, -0.25) is 0 Å². The van der Waals surface area contributed by atoms with Gasteiger partial charge in [0, 0.05) is 16.5 Å². The average molecular weight is 364 g/mol.